The van der Waals surface area contributed by atoms with Crippen LogP contribution in [0.15, 0.2) is 10.8 Å². The summed E-state index contributed by atoms with van der Waals surface area (Å²) in [4.78, 5) is 0. The van der Waals surface area contributed by atoms with Crippen LogP contribution < -0.4 is 0 Å². The van der Waals surface area contributed by atoms with E-state index in [1.807, 2.05) is 11.3 Å². The van der Waals surface area contributed by atoms with Crippen molar-refractivity contribution < 1.29 is 0 Å². The van der Waals surface area contributed by atoms with E-state index in [0.717, 1.165) is 0 Å². The molecule has 1 heteroatoms. The summed E-state index contributed by atoms with van der Waals surface area (Å²) in [7, 11) is 0. The molecule has 0 radical (unpaired) electrons. The molecular formula is C30H56S. The first-order valence-corrected chi connectivity index (χ1v) is 15.4. The molecule has 0 amide bonds. The molecule has 0 bridgehead atoms. The summed E-state index contributed by atoms with van der Waals surface area (Å²) < 4.78 is 0. The quantitative estimate of drug-likeness (QED) is 0.138. The molecule has 0 aliphatic heterocycles. The molecule has 0 N–H and O–H groups in total. The van der Waals surface area contributed by atoms with Crippen molar-refractivity contribution >= 4 is 11.3 Å². The van der Waals surface area contributed by atoms with Gasteiger partial charge in [-0.25, -0.2) is 0 Å². The molecule has 0 saturated heterocycles. The van der Waals surface area contributed by atoms with Crippen LogP contribution in [0, 0.1) is 0 Å². The van der Waals surface area contributed by atoms with E-state index in [-0.39, 0.29) is 0 Å². The van der Waals surface area contributed by atoms with Crippen LogP contribution in [-0.2, 0) is 12.8 Å². The Morgan fingerprint density at radius 1 is 0.387 bits per heavy atom. The van der Waals surface area contributed by atoms with Crippen molar-refractivity contribution in [3.05, 3.63) is 21.9 Å². The lowest BCUT2D eigenvalue weighted by Crippen LogP contribution is -1.92. The molecule has 0 nitrogen and oxygen atoms in total. The van der Waals surface area contributed by atoms with Crippen LogP contribution >= 0.6 is 11.3 Å². The Bertz CT molecular complexity index is 461. The number of hydrogen-bond donors (Lipinski definition) is 0. The first-order valence-electron chi connectivity index (χ1n) is 14.4. The Labute approximate surface area is 201 Å². The summed E-state index contributed by atoms with van der Waals surface area (Å²) in [6, 6.07) is 0. The lowest BCUT2D eigenvalue weighted by Gasteiger charge is -2.06. The van der Waals surface area contributed by atoms with Crippen molar-refractivity contribution in [2.24, 2.45) is 0 Å². The fraction of sp³-hybridized carbons (Fsp3) is 0.867. The van der Waals surface area contributed by atoms with Gasteiger partial charge < -0.3 is 0 Å². The highest BCUT2D eigenvalue weighted by Gasteiger charge is 2.04. The standard InChI is InChI=1S/C30H56S/c1-3-5-7-9-11-12-13-14-15-16-17-18-19-20-22-24-26-30-28-31-27-29(30)25-23-21-10-8-6-4-2/h27-28H,3-26H2,1-2H3. The third kappa shape index (κ3) is 17.9. The van der Waals surface area contributed by atoms with Crippen LogP contribution in [0.5, 0.6) is 0 Å². The fourth-order valence-corrected chi connectivity index (χ4v) is 5.68. The fourth-order valence-electron chi connectivity index (χ4n) is 4.75. The molecule has 0 aromatic carbocycles. The van der Waals surface area contributed by atoms with Gasteiger partial charge in [-0.2, -0.15) is 11.3 Å². The summed E-state index contributed by atoms with van der Waals surface area (Å²) in [5, 5.41) is 4.85. The van der Waals surface area contributed by atoms with E-state index in [9.17, 15) is 0 Å². The van der Waals surface area contributed by atoms with Gasteiger partial charge >= 0.3 is 0 Å². The monoisotopic (exact) mass is 448 g/mol. The average molecular weight is 449 g/mol. The minimum absolute atomic E-state index is 1.32. The van der Waals surface area contributed by atoms with Gasteiger partial charge in [-0.3, -0.25) is 0 Å². The summed E-state index contributed by atoms with van der Waals surface area (Å²) in [6.07, 6.45) is 34.4. The van der Waals surface area contributed by atoms with Crippen LogP contribution in [-0.4, -0.2) is 0 Å². The predicted octanol–water partition coefficient (Wildman–Crippen LogP) is 11.5. The maximum absolute atomic E-state index is 2.43. The lowest BCUT2D eigenvalue weighted by atomic mass is 10.00. The second kappa shape index (κ2) is 22.9. The van der Waals surface area contributed by atoms with Crippen molar-refractivity contribution in [2.45, 2.75) is 168 Å². The zero-order valence-electron chi connectivity index (χ0n) is 21.5. The van der Waals surface area contributed by atoms with Gasteiger partial charge in [0.15, 0.2) is 0 Å². The minimum atomic E-state index is 1.32. The maximum Gasteiger partial charge on any atom is -0.00584 e. The SMILES string of the molecule is CCCCCCCCCCCCCCCCCCc1cscc1CCCCCCCC. The van der Waals surface area contributed by atoms with Crippen molar-refractivity contribution in [1.82, 2.24) is 0 Å². The van der Waals surface area contributed by atoms with E-state index in [2.05, 4.69) is 24.6 Å². The van der Waals surface area contributed by atoms with Gasteiger partial charge in [0.05, 0.1) is 0 Å². The topological polar surface area (TPSA) is 0 Å². The van der Waals surface area contributed by atoms with E-state index in [1.165, 1.54) is 154 Å². The number of aryl methyl sites for hydroxylation is 2. The van der Waals surface area contributed by atoms with E-state index < -0.39 is 0 Å². The molecule has 182 valence electrons. The first kappa shape index (κ1) is 28.7. The zero-order valence-corrected chi connectivity index (χ0v) is 22.4. The van der Waals surface area contributed by atoms with E-state index in [0.29, 0.717) is 0 Å². The van der Waals surface area contributed by atoms with Gasteiger partial charge in [-0.15, -0.1) is 0 Å². The zero-order chi connectivity index (χ0) is 22.2. The lowest BCUT2D eigenvalue weighted by molar-refractivity contribution is 0.529. The summed E-state index contributed by atoms with van der Waals surface area (Å²) in [5.41, 5.74) is 3.34. The van der Waals surface area contributed by atoms with Crippen molar-refractivity contribution in [1.29, 1.82) is 0 Å². The molecule has 0 aliphatic carbocycles. The average Bonchev–Trinajstić information content (AvgIpc) is 3.23. The molecule has 0 saturated carbocycles. The van der Waals surface area contributed by atoms with Gasteiger partial charge in [-0.05, 0) is 47.6 Å². The highest BCUT2D eigenvalue weighted by Crippen LogP contribution is 2.21. The van der Waals surface area contributed by atoms with E-state index in [4.69, 9.17) is 0 Å². The molecule has 0 atom stereocenters. The third-order valence-corrected chi connectivity index (χ3v) is 7.77. The number of thiophene rings is 1. The molecular weight excluding hydrogens is 392 g/mol. The summed E-state index contributed by atoms with van der Waals surface area (Å²) in [6.45, 7) is 4.61. The van der Waals surface area contributed by atoms with Crippen LogP contribution in [0.25, 0.3) is 0 Å². The van der Waals surface area contributed by atoms with Crippen molar-refractivity contribution in [3.63, 3.8) is 0 Å². The van der Waals surface area contributed by atoms with Crippen molar-refractivity contribution in [2.75, 3.05) is 0 Å². The highest BCUT2D eigenvalue weighted by molar-refractivity contribution is 7.08. The Hall–Kier alpha value is -0.300. The Morgan fingerprint density at radius 3 is 0.935 bits per heavy atom. The molecule has 1 aromatic rings. The largest absolute Gasteiger partial charge is 0.152 e. The summed E-state index contributed by atoms with van der Waals surface area (Å²) >= 11 is 1.93. The second-order valence-corrected chi connectivity index (χ2v) is 10.7. The number of hydrogen-bond acceptors (Lipinski definition) is 1. The molecule has 31 heavy (non-hydrogen) atoms. The molecule has 0 unspecified atom stereocenters. The minimum Gasteiger partial charge on any atom is -0.152 e. The second-order valence-electron chi connectivity index (χ2n) is 9.99. The van der Waals surface area contributed by atoms with Gasteiger partial charge in [0, 0.05) is 0 Å². The van der Waals surface area contributed by atoms with E-state index >= 15 is 0 Å². The van der Waals surface area contributed by atoms with Crippen LogP contribution in [0.1, 0.15) is 166 Å². The number of unbranched alkanes of at least 4 members (excludes halogenated alkanes) is 20. The van der Waals surface area contributed by atoms with Gasteiger partial charge in [0.25, 0.3) is 0 Å². The molecule has 0 spiro atoms. The molecule has 1 rings (SSSR count). The molecule has 0 aliphatic rings. The normalized spacial score (nSPS) is 11.4. The molecule has 1 heterocycles. The molecule has 1 aromatic heterocycles. The highest BCUT2D eigenvalue weighted by atomic mass is 32.1. The Morgan fingerprint density at radius 2 is 0.645 bits per heavy atom. The van der Waals surface area contributed by atoms with E-state index in [1.54, 1.807) is 11.1 Å². The third-order valence-electron chi connectivity index (χ3n) is 6.93. The maximum atomic E-state index is 2.43. The smallest absolute Gasteiger partial charge is 0.00584 e. The van der Waals surface area contributed by atoms with Gasteiger partial charge in [0.2, 0.25) is 0 Å². The summed E-state index contributed by atoms with van der Waals surface area (Å²) in [5.74, 6) is 0. The van der Waals surface area contributed by atoms with Gasteiger partial charge in [-0.1, -0.05) is 142 Å². The van der Waals surface area contributed by atoms with Crippen LogP contribution in [0.4, 0.5) is 0 Å². The number of rotatable bonds is 24. The van der Waals surface area contributed by atoms with Crippen LogP contribution in [0.3, 0.4) is 0 Å². The first-order chi connectivity index (χ1) is 15.4. The van der Waals surface area contributed by atoms with Gasteiger partial charge in [0.1, 0.15) is 0 Å². The molecule has 0 fully saturated rings. The van der Waals surface area contributed by atoms with Crippen molar-refractivity contribution in [3.8, 4) is 0 Å². The Kier molecular flexibility index (Phi) is 21.2. The van der Waals surface area contributed by atoms with Crippen LogP contribution in [0.2, 0.25) is 0 Å². The predicted molar refractivity (Wildman–Crippen MR) is 145 cm³/mol. The Balaban J connectivity index is 1.85.